The van der Waals surface area contributed by atoms with Crippen molar-refractivity contribution in [2.45, 2.75) is 20.0 Å². The first-order chi connectivity index (χ1) is 10.5. The average molecular weight is 300 g/mol. The van der Waals surface area contributed by atoms with E-state index in [1.165, 1.54) is 11.1 Å². The second-order valence-corrected chi connectivity index (χ2v) is 5.87. The van der Waals surface area contributed by atoms with Gasteiger partial charge in [-0.3, -0.25) is 14.4 Å². The molecule has 5 heteroatoms. The molecule has 0 N–H and O–H groups in total. The third-order valence-electron chi connectivity index (χ3n) is 3.71. The summed E-state index contributed by atoms with van der Waals surface area (Å²) in [6, 6.07) is 8.16. The van der Waals surface area contributed by atoms with Gasteiger partial charge in [0.1, 0.15) is 0 Å². The maximum absolute atomic E-state index is 12.3. The number of nitrogens with zero attached hydrogens (tertiary/aromatic N) is 4. The lowest BCUT2D eigenvalue weighted by Gasteiger charge is -2.22. The molecule has 0 atom stereocenters. The molecule has 2 rings (SSSR count). The second-order valence-electron chi connectivity index (χ2n) is 5.87. The van der Waals surface area contributed by atoms with E-state index in [9.17, 15) is 4.79 Å². The van der Waals surface area contributed by atoms with Gasteiger partial charge in [-0.05, 0) is 25.1 Å². The van der Waals surface area contributed by atoms with Gasteiger partial charge in [0.25, 0.3) is 0 Å². The summed E-state index contributed by atoms with van der Waals surface area (Å²) in [7, 11) is 5.70. The predicted molar refractivity (Wildman–Crippen MR) is 87.2 cm³/mol. The number of hydrogen-bond donors (Lipinski definition) is 0. The van der Waals surface area contributed by atoms with E-state index < -0.39 is 0 Å². The number of hydrogen-bond acceptors (Lipinski definition) is 3. The molecule has 1 amide bonds. The van der Waals surface area contributed by atoms with Crippen molar-refractivity contribution in [2.24, 2.45) is 7.05 Å². The highest BCUT2D eigenvalue weighted by Gasteiger charge is 2.13. The van der Waals surface area contributed by atoms with E-state index in [1.54, 1.807) is 9.58 Å². The molecule has 0 aliphatic rings. The van der Waals surface area contributed by atoms with Crippen LogP contribution in [0.5, 0.6) is 0 Å². The fourth-order valence-electron chi connectivity index (χ4n) is 2.40. The molecule has 22 heavy (non-hydrogen) atoms. The number of carbonyl (C=O) groups is 1. The summed E-state index contributed by atoms with van der Waals surface area (Å²) in [4.78, 5) is 16.1. The van der Waals surface area contributed by atoms with Crippen molar-refractivity contribution in [3.8, 4) is 0 Å². The Hall–Kier alpha value is -2.14. The van der Waals surface area contributed by atoms with E-state index in [1.807, 2.05) is 50.6 Å². The van der Waals surface area contributed by atoms with Gasteiger partial charge in [0, 0.05) is 38.9 Å². The summed E-state index contributed by atoms with van der Waals surface area (Å²) in [5.41, 5.74) is 3.51. The van der Waals surface area contributed by atoms with Crippen molar-refractivity contribution in [3.63, 3.8) is 0 Å². The lowest BCUT2D eigenvalue weighted by atomic mass is 10.1. The normalized spacial score (nSPS) is 11.0. The fourth-order valence-corrected chi connectivity index (χ4v) is 2.40. The van der Waals surface area contributed by atoms with E-state index in [-0.39, 0.29) is 5.91 Å². The first-order valence-electron chi connectivity index (χ1n) is 7.40. The molecule has 0 bridgehead atoms. The summed E-state index contributed by atoms with van der Waals surface area (Å²) in [6.45, 7) is 3.84. The van der Waals surface area contributed by atoms with Crippen LogP contribution in [0.2, 0.25) is 0 Å². The van der Waals surface area contributed by atoms with E-state index in [0.717, 1.165) is 12.1 Å². The molecular weight excluding hydrogens is 276 g/mol. The lowest BCUT2D eigenvalue weighted by Crippen LogP contribution is -2.36. The van der Waals surface area contributed by atoms with E-state index in [0.29, 0.717) is 13.1 Å². The van der Waals surface area contributed by atoms with Crippen LogP contribution in [0.1, 0.15) is 16.7 Å². The number of aryl methyl sites for hydroxylation is 2. The fraction of sp³-hybridized carbons (Fsp3) is 0.412. The molecule has 0 saturated heterocycles. The predicted octanol–water partition coefficient (Wildman–Crippen LogP) is 1.82. The van der Waals surface area contributed by atoms with Crippen molar-refractivity contribution in [1.82, 2.24) is 19.6 Å². The van der Waals surface area contributed by atoms with Gasteiger partial charge in [-0.25, -0.2) is 0 Å². The van der Waals surface area contributed by atoms with Gasteiger partial charge in [0.15, 0.2) is 0 Å². The number of likely N-dealkylation sites (N-methyl/N-ethyl adjacent to an activating group) is 2. The van der Waals surface area contributed by atoms with Gasteiger partial charge >= 0.3 is 0 Å². The zero-order valence-electron chi connectivity index (χ0n) is 13.8. The highest BCUT2D eigenvalue weighted by Crippen LogP contribution is 2.10. The Morgan fingerprint density at radius 1 is 1.23 bits per heavy atom. The van der Waals surface area contributed by atoms with Gasteiger partial charge in [-0.1, -0.05) is 24.3 Å². The third-order valence-corrected chi connectivity index (χ3v) is 3.71. The first kappa shape index (κ1) is 16.2. The Morgan fingerprint density at radius 2 is 1.95 bits per heavy atom. The zero-order valence-corrected chi connectivity index (χ0v) is 13.8. The monoisotopic (exact) mass is 300 g/mol. The number of rotatable bonds is 6. The van der Waals surface area contributed by atoms with Crippen LogP contribution in [0.25, 0.3) is 0 Å². The van der Waals surface area contributed by atoms with E-state index in [2.05, 4.69) is 24.2 Å². The van der Waals surface area contributed by atoms with Gasteiger partial charge in [-0.15, -0.1) is 0 Å². The molecule has 0 aliphatic carbocycles. The molecule has 1 aromatic heterocycles. The molecule has 118 valence electrons. The molecule has 0 radical (unpaired) electrons. The van der Waals surface area contributed by atoms with Crippen LogP contribution >= 0.6 is 0 Å². The summed E-state index contributed by atoms with van der Waals surface area (Å²) in [5, 5.41) is 4.14. The van der Waals surface area contributed by atoms with Gasteiger partial charge in [-0.2, -0.15) is 5.10 Å². The summed E-state index contributed by atoms with van der Waals surface area (Å²) >= 11 is 0. The number of aromatic nitrogens is 2. The van der Waals surface area contributed by atoms with Crippen molar-refractivity contribution in [2.75, 3.05) is 20.6 Å². The Bertz CT molecular complexity index is 635. The summed E-state index contributed by atoms with van der Waals surface area (Å²) in [6.07, 6.45) is 3.80. The molecule has 0 saturated carbocycles. The molecule has 0 unspecified atom stereocenters. The largest absolute Gasteiger partial charge is 0.340 e. The molecule has 0 aliphatic heterocycles. The van der Waals surface area contributed by atoms with Crippen LogP contribution in [0, 0.1) is 6.92 Å². The maximum atomic E-state index is 12.3. The SMILES string of the molecule is Cc1ccccc1CN(C)C(=O)CN(C)Cc1cnn(C)c1. The molecule has 2 aromatic rings. The molecule has 0 spiro atoms. The molecule has 5 nitrogen and oxygen atoms in total. The zero-order chi connectivity index (χ0) is 16.1. The first-order valence-corrected chi connectivity index (χ1v) is 7.40. The minimum absolute atomic E-state index is 0.120. The summed E-state index contributed by atoms with van der Waals surface area (Å²) < 4.78 is 1.77. The van der Waals surface area contributed by atoms with Crippen LogP contribution in [0.15, 0.2) is 36.7 Å². The minimum atomic E-state index is 0.120. The summed E-state index contributed by atoms with van der Waals surface area (Å²) in [5.74, 6) is 0.120. The van der Waals surface area contributed by atoms with Crippen molar-refractivity contribution in [1.29, 1.82) is 0 Å². The quantitative estimate of drug-likeness (QED) is 0.817. The smallest absolute Gasteiger partial charge is 0.236 e. The average Bonchev–Trinajstić information content (AvgIpc) is 2.86. The van der Waals surface area contributed by atoms with Crippen LogP contribution in [-0.2, 0) is 24.9 Å². The molecule has 1 heterocycles. The van der Waals surface area contributed by atoms with Gasteiger partial charge in [0.05, 0.1) is 12.7 Å². The lowest BCUT2D eigenvalue weighted by molar-refractivity contribution is -0.131. The van der Waals surface area contributed by atoms with Crippen molar-refractivity contribution < 1.29 is 4.79 Å². The topological polar surface area (TPSA) is 41.4 Å². The highest BCUT2D eigenvalue weighted by atomic mass is 16.2. The second kappa shape index (κ2) is 7.22. The van der Waals surface area contributed by atoms with Crippen molar-refractivity contribution >= 4 is 5.91 Å². The van der Waals surface area contributed by atoms with Gasteiger partial charge < -0.3 is 4.90 Å². The minimum Gasteiger partial charge on any atom is -0.340 e. The Labute approximate surface area is 132 Å². The molecule has 0 fully saturated rings. The van der Waals surface area contributed by atoms with Crippen LogP contribution in [0.3, 0.4) is 0 Å². The van der Waals surface area contributed by atoms with Crippen LogP contribution in [-0.4, -0.2) is 46.1 Å². The Balaban J connectivity index is 1.87. The van der Waals surface area contributed by atoms with Gasteiger partial charge in [0.2, 0.25) is 5.91 Å². The third kappa shape index (κ3) is 4.43. The standard InChI is InChI=1S/C17H24N4O/c1-14-7-5-6-8-16(14)12-20(3)17(22)13-19(2)10-15-9-18-21(4)11-15/h5-9,11H,10,12-13H2,1-4H3. The van der Waals surface area contributed by atoms with E-state index in [4.69, 9.17) is 0 Å². The van der Waals surface area contributed by atoms with Crippen LogP contribution < -0.4 is 0 Å². The highest BCUT2D eigenvalue weighted by molar-refractivity contribution is 5.78. The van der Waals surface area contributed by atoms with Crippen molar-refractivity contribution in [3.05, 3.63) is 53.3 Å². The number of benzene rings is 1. The Kier molecular flexibility index (Phi) is 5.33. The van der Waals surface area contributed by atoms with Crippen LogP contribution in [0.4, 0.5) is 0 Å². The number of carbonyl (C=O) groups excluding carboxylic acids is 1. The van der Waals surface area contributed by atoms with E-state index >= 15 is 0 Å². The Morgan fingerprint density at radius 3 is 2.59 bits per heavy atom. The maximum Gasteiger partial charge on any atom is 0.236 e. The molecular formula is C17H24N4O. The number of amides is 1. The molecule has 1 aromatic carbocycles.